The average molecular weight is 453 g/mol. The highest BCUT2D eigenvalue weighted by molar-refractivity contribution is 5.82. The highest BCUT2D eigenvalue weighted by atomic mass is 16.5. The van der Waals surface area contributed by atoms with Gasteiger partial charge in [0.05, 0.1) is 25.6 Å². The Bertz CT molecular complexity index is 958. The zero-order chi connectivity index (χ0) is 24.0. The maximum absolute atomic E-state index is 12.6. The number of esters is 1. The number of amides is 1. The number of carbonyl (C=O) groups excluding carboxylic acids is 3. The van der Waals surface area contributed by atoms with Crippen LogP contribution in [0.1, 0.15) is 44.2 Å². The summed E-state index contributed by atoms with van der Waals surface area (Å²) < 4.78 is 10.3. The summed E-state index contributed by atoms with van der Waals surface area (Å²) in [4.78, 5) is 36.4. The van der Waals surface area contributed by atoms with Crippen molar-refractivity contribution in [1.29, 1.82) is 0 Å². The smallest absolute Gasteiger partial charge is 0.407 e. The van der Waals surface area contributed by atoms with E-state index in [2.05, 4.69) is 34.9 Å². The quantitative estimate of drug-likeness (QED) is 0.535. The number of alkyl carbamates (subject to hydrolysis) is 1. The van der Waals surface area contributed by atoms with Crippen LogP contribution in [0.15, 0.2) is 48.5 Å². The van der Waals surface area contributed by atoms with E-state index in [1.807, 2.05) is 38.1 Å². The van der Waals surface area contributed by atoms with E-state index in [0.29, 0.717) is 0 Å². The lowest BCUT2D eigenvalue weighted by atomic mass is 9.98. The van der Waals surface area contributed by atoms with Crippen molar-refractivity contribution in [2.75, 3.05) is 20.3 Å². The summed E-state index contributed by atoms with van der Waals surface area (Å²) in [5.74, 6) is -0.424. The molecule has 0 fully saturated rings. The molecule has 2 atom stereocenters. The molecule has 2 N–H and O–H groups in total. The summed E-state index contributed by atoms with van der Waals surface area (Å²) >= 11 is 0. The van der Waals surface area contributed by atoms with Crippen molar-refractivity contribution in [3.63, 3.8) is 0 Å². The van der Waals surface area contributed by atoms with Crippen LogP contribution in [0.3, 0.4) is 0 Å². The van der Waals surface area contributed by atoms with Crippen molar-refractivity contribution in [3.8, 4) is 11.1 Å². The predicted octanol–water partition coefficient (Wildman–Crippen LogP) is 3.66. The Morgan fingerprint density at radius 1 is 0.970 bits per heavy atom. The van der Waals surface area contributed by atoms with Gasteiger partial charge in [0.2, 0.25) is 0 Å². The summed E-state index contributed by atoms with van der Waals surface area (Å²) in [6.45, 7) is 5.81. The Labute approximate surface area is 194 Å². The molecule has 1 aliphatic carbocycles. The van der Waals surface area contributed by atoms with Crippen molar-refractivity contribution in [1.82, 2.24) is 10.6 Å². The highest BCUT2D eigenvalue weighted by Gasteiger charge is 2.29. The molecule has 0 aliphatic heterocycles. The van der Waals surface area contributed by atoms with E-state index < -0.39 is 18.1 Å². The number of benzene rings is 2. The summed E-state index contributed by atoms with van der Waals surface area (Å²) in [7, 11) is 1.30. The molecule has 2 aromatic carbocycles. The number of Topliss-reactive ketones (excluding diaryl/α,β-unsaturated/α-hetero) is 1. The zero-order valence-electron chi connectivity index (χ0n) is 19.6. The summed E-state index contributed by atoms with van der Waals surface area (Å²) in [5.41, 5.74) is 4.55. The number of ketones is 1. The minimum absolute atomic E-state index is 0.00274. The average Bonchev–Trinajstić information content (AvgIpc) is 3.11. The van der Waals surface area contributed by atoms with E-state index in [1.54, 1.807) is 0 Å². The molecule has 0 heterocycles. The fourth-order valence-electron chi connectivity index (χ4n) is 4.38. The third kappa shape index (κ3) is 5.99. The second-order valence-electron chi connectivity index (χ2n) is 8.69. The Hall–Kier alpha value is -3.19. The maximum atomic E-state index is 12.6. The lowest BCUT2D eigenvalue weighted by molar-refractivity contribution is -0.141. The van der Waals surface area contributed by atoms with E-state index in [1.165, 1.54) is 14.0 Å². The van der Waals surface area contributed by atoms with Crippen LogP contribution in [0.25, 0.3) is 11.1 Å². The number of methoxy groups -OCH3 is 1. The highest BCUT2D eigenvalue weighted by Crippen LogP contribution is 2.44. The first-order valence-corrected chi connectivity index (χ1v) is 11.2. The number of rotatable bonds is 10. The van der Waals surface area contributed by atoms with E-state index in [-0.39, 0.29) is 43.2 Å². The fourth-order valence-corrected chi connectivity index (χ4v) is 4.38. The molecule has 0 saturated heterocycles. The van der Waals surface area contributed by atoms with Gasteiger partial charge in [-0.2, -0.15) is 0 Å². The van der Waals surface area contributed by atoms with Gasteiger partial charge in [-0.05, 0) is 35.1 Å². The number of carbonyl (C=O) groups is 3. The van der Waals surface area contributed by atoms with Gasteiger partial charge in [0.1, 0.15) is 12.4 Å². The van der Waals surface area contributed by atoms with Gasteiger partial charge >= 0.3 is 12.1 Å². The Kier molecular flexibility index (Phi) is 8.22. The third-order valence-corrected chi connectivity index (χ3v) is 6.00. The van der Waals surface area contributed by atoms with Crippen LogP contribution in [-0.2, 0) is 19.1 Å². The first kappa shape index (κ1) is 24.5. The summed E-state index contributed by atoms with van der Waals surface area (Å²) in [6, 6.07) is 15.3. The maximum Gasteiger partial charge on any atom is 0.407 e. The van der Waals surface area contributed by atoms with E-state index >= 15 is 0 Å². The van der Waals surface area contributed by atoms with E-state index in [4.69, 9.17) is 9.47 Å². The van der Waals surface area contributed by atoms with Gasteiger partial charge in [-0.25, -0.2) is 4.79 Å². The molecule has 1 amide bonds. The zero-order valence-corrected chi connectivity index (χ0v) is 19.6. The van der Waals surface area contributed by atoms with Crippen LogP contribution in [0.4, 0.5) is 4.79 Å². The number of hydrogen-bond acceptors (Lipinski definition) is 6. The standard InChI is InChI=1S/C26H32N2O5/c1-16(2)25(17(3)29)27-14-18(13-24(30)32-4)28-26(31)33-15-23-21-11-7-5-9-19(21)20-10-6-8-12-22(20)23/h5-12,16,18,23,25,27H,13-15H2,1-4H3,(H,28,31)/t18-,25-/m0/s1. The lowest BCUT2D eigenvalue weighted by Gasteiger charge is -2.24. The molecule has 0 saturated carbocycles. The molecule has 0 aromatic heterocycles. The first-order valence-electron chi connectivity index (χ1n) is 11.2. The third-order valence-electron chi connectivity index (χ3n) is 6.00. The molecule has 3 rings (SSSR count). The second-order valence-corrected chi connectivity index (χ2v) is 8.69. The van der Waals surface area contributed by atoms with Gasteiger partial charge in [-0.3, -0.25) is 9.59 Å². The van der Waals surface area contributed by atoms with Crippen molar-refractivity contribution < 1.29 is 23.9 Å². The largest absolute Gasteiger partial charge is 0.469 e. The van der Waals surface area contributed by atoms with Crippen molar-refractivity contribution in [2.45, 2.75) is 45.2 Å². The van der Waals surface area contributed by atoms with Gasteiger partial charge in [0.25, 0.3) is 0 Å². The van der Waals surface area contributed by atoms with Crippen LogP contribution in [-0.4, -0.2) is 50.2 Å². The summed E-state index contributed by atoms with van der Waals surface area (Å²) in [5, 5.41) is 5.90. The van der Waals surface area contributed by atoms with Gasteiger partial charge in [0, 0.05) is 12.5 Å². The van der Waals surface area contributed by atoms with Crippen LogP contribution < -0.4 is 10.6 Å². The van der Waals surface area contributed by atoms with Gasteiger partial charge in [0.15, 0.2) is 0 Å². The van der Waals surface area contributed by atoms with Crippen molar-refractivity contribution in [3.05, 3.63) is 59.7 Å². The van der Waals surface area contributed by atoms with Crippen molar-refractivity contribution >= 4 is 17.8 Å². The van der Waals surface area contributed by atoms with Gasteiger partial charge < -0.3 is 20.1 Å². The van der Waals surface area contributed by atoms with Crippen LogP contribution in [0, 0.1) is 5.92 Å². The molecule has 33 heavy (non-hydrogen) atoms. The van der Waals surface area contributed by atoms with Crippen LogP contribution in [0.5, 0.6) is 0 Å². The molecular weight excluding hydrogens is 420 g/mol. The van der Waals surface area contributed by atoms with Crippen molar-refractivity contribution in [2.24, 2.45) is 5.92 Å². The lowest BCUT2D eigenvalue weighted by Crippen LogP contribution is -2.49. The molecule has 0 bridgehead atoms. The monoisotopic (exact) mass is 452 g/mol. The molecule has 7 heteroatoms. The molecule has 1 aliphatic rings. The van der Waals surface area contributed by atoms with Crippen LogP contribution in [0.2, 0.25) is 0 Å². The van der Waals surface area contributed by atoms with E-state index in [0.717, 1.165) is 22.3 Å². The Balaban J connectivity index is 1.64. The van der Waals surface area contributed by atoms with Gasteiger partial charge in [-0.15, -0.1) is 0 Å². The molecular formula is C26H32N2O5. The number of fused-ring (bicyclic) bond motifs is 3. The number of hydrogen-bond donors (Lipinski definition) is 2. The minimum atomic E-state index is -0.614. The molecule has 0 unspecified atom stereocenters. The van der Waals surface area contributed by atoms with Gasteiger partial charge in [-0.1, -0.05) is 62.4 Å². The normalized spacial score (nSPS) is 14.2. The van der Waals surface area contributed by atoms with E-state index in [9.17, 15) is 14.4 Å². The Morgan fingerprint density at radius 2 is 1.55 bits per heavy atom. The molecule has 0 radical (unpaired) electrons. The topological polar surface area (TPSA) is 93.7 Å². The SMILES string of the molecule is COC(=O)C[C@@H](CN[C@H](C(C)=O)C(C)C)NC(=O)OCC1c2ccccc2-c2ccccc21. The number of nitrogens with one attached hydrogen (secondary N) is 2. The molecule has 2 aromatic rings. The number of ether oxygens (including phenoxy) is 2. The fraction of sp³-hybridized carbons (Fsp3) is 0.423. The second kappa shape index (κ2) is 11.1. The molecule has 7 nitrogen and oxygen atoms in total. The molecule has 0 spiro atoms. The summed E-state index contributed by atoms with van der Waals surface area (Å²) in [6.07, 6.45) is -0.646. The first-order chi connectivity index (χ1) is 15.8. The minimum Gasteiger partial charge on any atom is -0.469 e. The van der Waals surface area contributed by atoms with Crippen LogP contribution >= 0.6 is 0 Å². The Morgan fingerprint density at radius 3 is 2.06 bits per heavy atom. The predicted molar refractivity (Wildman–Crippen MR) is 126 cm³/mol. The molecule has 176 valence electrons.